The van der Waals surface area contributed by atoms with E-state index in [2.05, 4.69) is 11.1 Å². The average Bonchev–Trinajstić information content (AvgIpc) is 3.44. The lowest BCUT2D eigenvalue weighted by atomic mass is 9.74. The quantitative estimate of drug-likeness (QED) is 0.396. The molecule has 9 nitrogen and oxygen atoms in total. The van der Waals surface area contributed by atoms with Gasteiger partial charge >= 0.3 is 5.69 Å². The highest BCUT2D eigenvalue weighted by atomic mass is 16.5. The van der Waals surface area contributed by atoms with E-state index in [0.29, 0.717) is 61.4 Å². The van der Waals surface area contributed by atoms with Crippen molar-refractivity contribution in [2.45, 2.75) is 38.1 Å². The van der Waals surface area contributed by atoms with Gasteiger partial charge in [0.15, 0.2) is 6.61 Å². The van der Waals surface area contributed by atoms with Gasteiger partial charge in [-0.05, 0) is 60.7 Å². The molecule has 2 aromatic heterocycles. The van der Waals surface area contributed by atoms with Crippen LogP contribution in [0.5, 0.6) is 5.75 Å². The lowest BCUT2D eigenvalue weighted by Gasteiger charge is -2.37. The highest BCUT2D eigenvalue weighted by Crippen LogP contribution is 2.35. The minimum absolute atomic E-state index is 0.0876. The Morgan fingerprint density at radius 3 is 2.41 bits per heavy atom. The number of aromatic amines is 1. The van der Waals surface area contributed by atoms with Crippen molar-refractivity contribution in [2.24, 2.45) is 7.05 Å². The number of likely N-dealkylation sites (tertiary alicyclic amines) is 1. The van der Waals surface area contributed by atoms with E-state index in [-0.39, 0.29) is 23.8 Å². The molecule has 0 radical (unpaired) electrons. The summed E-state index contributed by atoms with van der Waals surface area (Å²) in [4.78, 5) is 43.2. The number of nitrogens with zero attached hydrogens (tertiary/aromatic N) is 4. The maximum Gasteiger partial charge on any atom is 0.331 e. The molecule has 1 saturated heterocycles. The fraction of sp³-hybridized carbons (Fsp3) is 0.333. The first-order chi connectivity index (χ1) is 18.9. The normalized spacial score (nSPS) is 14.7. The standard InChI is InChI=1S/C30H31N5O4/c1-3-15-35-28(37)27-25(33(2)29(35)38)18-24(32-27)21-9-11-23(12-10-21)39-19-26(36)34-16-13-30(20-31,14-17-34)22-7-5-4-6-8-22/h4-12,18,32H,3,13-17,19H2,1-2H3. The van der Waals surface area contributed by atoms with Gasteiger partial charge < -0.3 is 14.6 Å². The van der Waals surface area contributed by atoms with E-state index in [1.807, 2.05) is 49.4 Å². The molecule has 1 aliphatic rings. The summed E-state index contributed by atoms with van der Waals surface area (Å²) in [7, 11) is 1.66. The Balaban J connectivity index is 1.23. The van der Waals surface area contributed by atoms with Crippen molar-refractivity contribution >= 4 is 16.9 Å². The smallest absolute Gasteiger partial charge is 0.331 e. The van der Waals surface area contributed by atoms with Gasteiger partial charge in [0.05, 0.1) is 17.0 Å². The van der Waals surface area contributed by atoms with E-state index in [1.54, 1.807) is 30.1 Å². The summed E-state index contributed by atoms with van der Waals surface area (Å²) in [5, 5.41) is 9.88. The highest BCUT2D eigenvalue weighted by molar-refractivity contribution is 5.82. The molecule has 4 aromatic rings. The predicted molar refractivity (Wildman–Crippen MR) is 149 cm³/mol. The summed E-state index contributed by atoms with van der Waals surface area (Å²) in [6.45, 7) is 3.21. The maximum absolute atomic E-state index is 12.8. The second-order valence-corrected chi connectivity index (χ2v) is 10.00. The first kappa shape index (κ1) is 26.0. The van der Waals surface area contributed by atoms with E-state index in [0.717, 1.165) is 11.1 Å². The van der Waals surface area contributed by atoms with E-state index in [4.69, 9.17) is 4.74 Å². The zero-order chi connectivity index (χ0) is 27.6. The molecule has 0 aliphatic carbocycles. The summed E-state index contributed by atoms with van der Waals surface area (Å²) < 4.78 is 8.50. The number of aryl methyl sites for hydroxylation is 1. The number of fused-ring (bicyclic) bond motifs is 1. The minimum atomic E-state index is -0.563. The number of carbonyl (C=O) groups excluding carboxylic acids is 1. The number of nitriles is 1. The molecule has 0 saturated carbocycles. The molecule has 0 unspecified atom stereocenters. The molecule has 1 aliphatic heterocycles. The van der Waals surface area contributed by atoms with E-state index in [1.165, 1.54) is 9.13 Å². The number of carbonyl (C=O) groups is 1. The third kappa shape index (κ3) is 4.86. The topological polar surface area (TPSA) is 113 Å². The number of rotatable bonds is 7. The van der Waals surface area contributed by atoms with Crippen LogP contribution < -0.4 is 16.0 Å². The molecule has 39 heavy (non-hydrogen) atoms. The largest absolute Gasteiger partial charge is 0.484 e. The first-order valence-corrected chi connectivity index (χ1v) is 13.2. The monoisotopic (exact) mass is 525 g/mol. The number of H-pyrrole nitrogens is 1. The van der Waals surface area contributed by atoms with Crippen molar-refractivity contribution in [1.29, 1.82) is 5.26 Å². The summed E-state index contributed by atoms with van der Waals surface area (Å²) in [6.07, 6.45) is 1.87. The predicted octanol–water partition coefficient (Wildman–Crippen LogP) is 3.57. The molecular formula is C30H31N5O4. The fourth-order valence-corrected chi connectivity index (χ4v) is 5.28. The van der Waals surface area contributed by atoms with Crippen molar-refractivity contribution < 1.29 is 9.53 Å². The molecule has 5 rings (SSSR count). The van der Waals surface area contributed by atoms with Crippen LogP contribution in [0.4, 0.5) is 0 Å². The van der Waals surface area contributed by atoms with Crippen molar-refractivity contribution in [1.82, 2.24) is 19.0 Å². The summed E-state index contributed by atoms with van der Waals surface area (Å²) in [5.74, 6) is 0.437. The summed E-state index contributed by atoms with van der Waals surface area (Å²) in [5.41, 5.74) is 2.25. The third-order valence-electron chi connectivity index (χ3n) is 7.62. The molecule has 0 bridgehead atoms. The Morgan fingerprint density at radius 2 is 1.77 bits per heavy atom. The second-order valence-electron chi connectivity index (χ2n) is 10.00. The molecule has 1 amide bonds. The van der Waals surface area contributed by atoms with E-state index < -0.39 is 5.41 Å². The van der Waals surface area contributed by atoms with Crippen LogP contribution in [0, 0.1) is 11.3 Å². The Bertz CT molecular complexity index is 1650. The molecule has 2 aromatic carbocycles. The average molecular weight is 526 g/mol. The second kappa shape index (κ2) is 10.7. The number of piperidine rings is 1. The van der Waals surface area contributed by atoms with Crippen LogP contribution in [0.2, 0.25) is 0 Å². The number of ether oxygens (including phenoxy) is 1. The molecule has 1 N–H and O–H groups in total. The zero-order valence-corrected chi connectivity index (χ0v) is 22.1. The molecule has 200 valence electrons. The Labute approximate surface area is 225 Å². The van der Waals surface area contributed by atoms with Gasteiger partial charge in [-0.25, -0.2) is 4.79 Å². The Morgan fingerprint density at radius 1 is 1.08 bits per heavy atom. The Hall–Kier alpha value is -4.58. The Kier molecular flexibility index (Phi) is 7.11. The van der Waals surface area contributed by atoms with Crippen LogP contribution in [0.3, 0.4) is 0 Å². The third-order valence-corrected chi connectivity index (χ3v) is 7.62. The van der Waals surface area contributed by atoms with Crippen molar-refractivity contribution in [3.63, 3.8) is 0 Å². The number of aromatic nitrogens is 3. The van der Waals surface area contributed by atoms with Gasteiger partial charge in [0.2, 0.25) is 0 Å². The van der Waals surface area contributed by atoms with Gasteiger partial charge in [-0.2, -0.15) is 5.26 Å². The molecule has 9 heteroatoms. The highest BCUT2D eigenvalue weighted by Gasteiger charge is 2.37. The maximum atomic E-state index is 12.8. The number of hydrogen-bond donors (Lipinski definition) is 1. The first-order valence-electron chi connectivity index (χ1n) is 13.2. The van der Waals surface area contributed by atoms with Gasteiger partial charge in [0.25, 0.3) is 11.5 Å². The SMILES string of the molecule is CCCn1c(=O)c2[nH]c(-c3ccc(OCC(=O)N4CCC(C#N)(c5ccccc5)CC4)cc3)cc2n(C)c1=O. The lowest BCUT2D eigenvalue weighted by Crippen LogP contribution is -2.46. The van der Waals surface area contributed by atoms with Crippen molar-refractivity contribution in [3.8, 4) is 23.1 Å². The van der Waals surface area contributed by atoms with E-state index >= 15 is 0 Å². The summed E-state index contributed by atoms with van der Waals surface area (Å²) in [6, 6.07) is 21.3. The minimum Gasteiger partial charge on any atom is -0.484 e. The van der Waals surface area contributed by atoms with Gasteiger partial charge in [-0.15, -0.1) is 0 Å². The zero-order valence-electron chi connectivity index (χ0n) is 22.1. The van der Waals surface area contributed by atoms with Gasteiger partial charge in [0, 0.05) is 32.4 Å². The van der Waals surface area contributed by atoms with Crippen LogP contribution >= 0.6 is 0 Å². The number of amides is 1. The molecular weight excluding hydrogens is 494 g/mol. The lowest BCUT2D eigenvalue weighted by molar-refractivity contribution is -0.134. The molecule has 0 spiro atoms. The van der Waals surface area contributed by atoms with Crippen LogP contribution in [0.1, 0.15) is 31.7 Å². The summed E-state index contributed by atoms with van der Waals surface area (Å²) >= 11 is 0. The van der Waals surface area contributed by atoms with Gasteiger partial charge in [0.1, 0.15) is 11.3 Å². The number of benzene rings is 2. The van der Waals surface area contributed by atoms with Crippen molar-refractivity contribution in [2.75, 3.05) is 19.7 Å². The van der Waals surface area contributed by atoms with Crippen LogP contribution in [0.15, 0.2) is 70.3 Å². The molecule has 1 fully saturated rings. The van der Waals surface area contributed by atoms with Crippen LogP contribution in [0.25, 0.3) is 22.3 Å². The van der Waals surface area contributed by atoms with E-state index in [9.17, 15) is 19.6 Å². The number of nitrogens with one attached hydrogen (secondary N) is 1. The van der Waals surface area contributed by atoms with Crippen LogP contribution in [-0.2, 0) is 23.8 Å². The van der Waals surface area contributed by atoms with Gasteiger partial charge in [-0.1, -0.05) is 37.3 Å². The van der Waals surface area contributed by atoms with Crippen molar-refractivity contribution in [3.05, 3.63) is 87.1 Å². The molecule has 0 atom stereocenters. The van der Waals surface area contributed by atoms with Crippen LogP contribution in [-0.4, -0.2) is 44.6 Å². The number of hydrogen-bond acceptors (Lipinski definition) is 5. The fourth-order valence-electron chi connectivity index (χ4n) is 5.28. The molecule has 3 heterocycles. The van der Waals surface area contributed by atoms with Gasteiger partial charge in [-0.3, -0.25) is 18.7 Å².